The molecule has 1 N–H and O–H groups in total. The highest BCUT2D eigenvalue weighted by Crippen LogP contribution is 2.37. The molecule has 0 spiro atoms. The Morgan fingerprint density at radius 3 is 2.69 bits per heavy atom. The fraction of sp³-hybridized carbons (Fsp3) is 0.417. The van der Waals surface area contributed by atoms with Crippen molar-refractivity contribution in [1.82, 2.24) is 10.2 Å². The summed E-state index contributed by atoms with van der Waals surface area (Å²) in [5.41, 5.74) is 2.22. The monoisotopic (exact) mass is 394 g/mol. The van der Waals surface area contributed by atoms with Crippen LogP contribution in [0.2, 0.25) is 0 Å². The number of nitrogens with zero attached hydrogens (tertiary/aromatic N) is 1. The first kappa shape index (κ1) is 20.9. The quantitative estimate of drug-likeness (QED) is 0.694. The zero-order valence-corrected chi connectivity index (χ0v) is 17.3. The number of benzene rings is 2. The summed E-state index contributed by atoms with van der Waals surface area (Å²) in [5, 5.41) is 3.10. The van der Waals surface area contributed by atoms with E-state index in [1.807, 2.05) is 54.3 Å². The number of ether oxygens (including phenoxy) is 1. The average molecular weight is 395 g/mol. The largest absolute Gasteiger partial charge is 0.497 e. The van der Waals surface area contributed by atoms with E-state index in [2.05, 4.69) is 17.4 Å². The van der Waals surface area contributed by atoms with Gasteiger partial charge in [-0.2, -0.15) is 0 Å². The number of hydrogen-bond acceptors (Lipinski definition) is 3. The molecule has 0 bridgehead atoms. The molecular weight excluding hydrogens is 364 g/mol. The highest BCUT2D eigenvalue weighted by Gasteiger charge is 2.39. The Balaban J connectivity index is 1.68. The maximum absolute atomic E-state index is 13.0. The second-order valence-electron chi connectivity index (χ2n) is 7.43. The van der Waals surface area contributed by atoms with Crippen LogP contribution in [-0.2, 0) is 16.0 Å². The molecule has 5 heteroatoms. The van der Waals surface area contributed by atoms with E-state index in [4.69, 9.17) is 4.74 Å². The van der Waals surface area contributed by atoms with Crippen molar-refractivity contribution >= 4 is 11.8 Å². The summed E-state index contributed by atoms with van der Waals surface area (Å²) in [5.74, 6) is 0.611. The number of rotatable bonds is 8. The predicted molar refractivity (Wildman–Crippen MR) is 114 cm³/mol. The van der Waals surface area contributed by atoms with E-state index in [1.54, 1.807) is 7.11 Å². The second kappa shape index (κ2) is 10.1. The van der Waals surface area contributed by atoms with Crippen molar-refractivity contribution in [2.75, 3.05) is 20.2 Å². The molecular formula is C24H30N2O3. The lowest BCUT2D eigenvalue weighted by Crippen LogP contribution is -2.48. The summed E-state index contributed by atoms with van der Waals surface area (Å²) < 4.78 is 5.35. The summed E-state index contributed by atoms with van der Waals surface area (Å²) in [7, 11) is 1.62. The lowest BCUT2D eigenvalue weighted by Gasteiger charge is -2.40. The van der Waals surface area contributed by atoms with Crippen molar-refractivity contribution in [3.63, 3.8) is 0 Å². The number of likely N-dealkylation sites (tertiary alicyclic amines) is 1. The van der Waals surface area contributed by atoms with Gasteiger partial charge in [-0.05, 0) is 49.4 Å². The number of carbonyl (C=O) groups excluding carboxylic acids is 2. The molecule has 0 saturated carbocycles. The third kappa shape index (κ3) is 5.17. The molecule has 1 aliphatic rings. The third-order valence-electron chi connectivity index (χ3n) is 5.60. The Morgan fingerprint density at radius 2 is 1.97 bits per heavy atom. The Morgan fingerprint density at radius 1 is 1.17 bits per heavy atom. The summed E-state index contributed by atoms with van der Waals surface area (Å²) in [4.78, 5) is 27.4. The zero-order chi connectivity index (χ0) is 20.6. The van der Waals surface area contributed by atoms with Crippen LogP contribution in [0, 0.1) is 5.92 Å². The molecule has 1 heterocycles. The molecule has 154 valence electrons. The highest BCUT2D eigenvalue weighted by atomic mass is 16.5. The molecule has 2 amide bonds. The first-order chi connectivity index (χ1) is 14.1. The summed E-state index contributed by atoms with van der Waals surface area (Å²) in [6.45, 7) is 3.18. The molecule has 1 saturated heterocycles. The van der Waals surface area contributed by atoms with Gasteiger partial charge in [0.1, 0.15) is 5.75 Å². The molecule has 0 aliphatic carbocycles. The Bertz CT molecular complexity index is 822. The minimum absolute atomic E-state index is 0.0248. The molecule has 0 unspecified atom stereocenters. The standard InChI is InChI=1S/C24H30N2O3/c1-3-26-22(27)15-14-21(23(26)19-12-7-13-20(17-19)29-2)24(28)25-16-8-11-18-9-5-4-6-10-18/h4-7,9-10,12-13,17,21,23H,3,8,11,14-16H2,1-2H3,(H,25,28)/t21-,23+/m1/s1. The molecule has 0 aromatic heterocycles. The highest BCUT2D eigenvalue weighted by molar-refractivity contribution is 5.85. The average Bonchev–Trinajstić information content (AvgIpc) is 2.77. The lowest BCUT2D eigenvalue weighted by molar-refractivity contribution is -0.143. The number of amides is 2. The molecule has 5 nitrogen and oxygen atoms in total. The van der Waals surface area contributed by atoms with Crippen molar-refractivity contribution in [2.24, 2.45) is 5.92 Å². The number of aryl methyl sites for hydroxylation is 1. The van der Waals surface area contributed by atoms with Crippen LogP contribution in [0.3, 0.4) is 0 Å². The maximum Gasteiger partial charge on any atom is 0.225 e. The fourth-order valence-corrected chi connectivity index (χ4v) is 4.12. The molecule has 2 aromatic carbocycles. The van der Waals surface area contributed by atoms with Gasteiger partial charge in [-0.15, -0.1) is 0 Å². The number of hydrogen-bond donors (Lipinski definition) is 1. The minimum Gasteiger partial charge on any atom is -0.497 e. The number of methoxy groups -OCH3 is 1. The van der Waals surface area contributed by atoms with Gasteiger partial charge in [0.2, 0.25) is 11.8 Å². The van der Waals surface area contributed by atoms with E-state index in [-0.39, 0.29) is 23.8 Å². The van der Waals surface area contributed by atoms with Crippen molar-refractivity contribution in [3.8, 4) is 5.75 Å². The number of piperidine rings is 1. The van der Waals surface area contributed by atoms with Crippen LogP contribution < -0.4 is 10.1 Å². The lowest BCUT2D eigenvalue weighted by atomic mass is 9.83. The predicted octanol–water partition coefficient (Wildman–Crippen LogP) is 3.74. The van der Waals surface area contributed by atoms with Gasteiger partial charge in [0, 0.05) is 19.5 Å². The summed E-state index contributed by atoms with van der Waals surface area (Å²) in [6.07, 6.45) is 2.81. The van der Waals surface area contributed by atoms with E-state index in [0.29, 0.717) is 25.9 Å². The van der Waals surface area contributed by atoms with Gasteiger partial charge in [-0.3, -0.25) is 9.59 Å². The summed E-state index contributed by atoms with van der Waals surface area (Å²) in [6, 6.07) is 17.7. The first-order valence-electron chi connectivity index (χ1n) is 10.4. The Labute approximate surface area is 173 Å². The van der Waals surface area contributed by atoms with Crippen molar-refractivity contribution in [1.29, 1.82) is 0 Å². The van der Waals surface area contributed by atoms with Crippen LogP contribution >= 0.6 is 0 Å². The molecule has 2 atom stereocenters. The van der Waals surface area contributed by atoms with Crippen LogP contribution in [0.15, 0.2) is 54.6 Å². The zero-order valence-electron chi connectivity index (χ0n) is 17.3. The fourth-order valence-electron chi connectivity index (χ4n) is 4.12. The van der Waals surface area contributed by atoms with E-state index >= 15 is 0 Å². The van der Waals surface area contributed by atoms with Gasteiger partial charge in [-0.1, -0.05) is 42.5 Å². The van der Waals surface area contributed by atoms with Crippen LogP contribution in [-0.4, -0.2) is 36.9 Å². The summed E-state index contributed by atoms with van der Waals surface area (Å²) >= 11 is 0. The van der Waals surface area contributed by atoms with E-state index in [9.17, 15) is 9.59 Å². The normalized spacial score (nSPS) is 19.1. The van der Waals surface area contributed by atoms with Gasteiger partial charge in [0.05, 0.1) is 19.1 Å². The van der Waals surface area contributed by atoms with Crippen LogP contribution in [0.1, 0.15) is 43.4 Å². The first-order valence-corrected chi connectivity index (χ1v) is 10.4. The minimum atomic E-state index is -0.259. The van der Waals surface area contributed by atoms with Crippen molar-refractivity contribution < 1.29 is 14.3 Å². The molecule has 3 rings (SSSR count). The van der Waals surface area contributed by atoms with Gasteiger partial charge < -0.3 is 15.0 Å². The SMILES string of the molecule is CCN1C(=O)CC[C@@H](C(=O)NCCCc2ccccc2)[C@@H]1c1cccc(OC)c1. The molecule has 1 aliphatic heterocycles. The number of carbonyl (C=O) groups is 2. The Hall–Kier alpha value is -2.82. The van der Waals surface area contributed by atoms with Crippen LogP contribution in [0.5, 0.6) is 5.75 Å². The molecule has 29 heavy (non-hydrogen) atoms. The smallest absolute Gasteiger partial charge is 0.225 e. The van der Waals surface area contributed by atoms with E-state index in [1.165, 1.54) is 5.56 Å². The topological polar surface area (TPSA) is 58.6 Å². The molecule has 0 radical (unpaired) electrons. The van der Waals surface area contributed by atoms with Gasteiger partial charge in [0.25, 0.3) is 0 Å². The molecule has 1 fully saturated rings. The van der Waals surface area contributed by atoms with Gasteiger partial charge in [-0.25, -0.2) is 0 Å². The number of nitrogens with one attached hydrogen (secondary N) is 1. The van der Waals surface area contributed by atoms with Crippen LogP contribution in [0.25, 0.3) is 0 Å². The maximum atomic E-state index is 13.0. The third-order valence-corrected chi connectivity index (χ3v) is 5.60. The Kier molecular flexibility index (Phi) is 7.28. The van der Waals surface area contributed by atoms with Crippen molar-refractivity contribution in [3.05, 3.63) is 65.7 Å². The van der Waals surface area contributed by atoms with E-state index in [0.717, 1.165) is 24.2 Å². The van der Waals surface area contributed by atoms with E-state index < -0.39 is 0 Å². The van der Waals surface area contributed by atoms with Crippen molar-refractivity contribution in [2.45, 2.75) is 38.6 Å². The van der Waals surface area contributed by atoms with Gasteiger partial charge >= 0.3 is 0 Å². The molecule has 2 aromatic rings. The van der Waals surface area contributed by atoms with Crippen LogP contribution in [0.4, 0.5) is 0 Å². The second-order valence-corrected chi connectivity index (χ2v) is 7.43. The van der Waals surface area contributed by atoms with Gasteiger partial charge in [0.15, 0.2) is 0 Å².